The van der Waals surface area contributed by atoms with Crippen LogP contribution in [0.1, 0.15) is 17.6 Å². The van der Waals surface area contributed by atoms with Gasteiger partial charge in [0, 0.05) is 35.7 Å². The lowest BCUT2D eigenvalue weighted by molar-refractivity contribution is 0.169. The smallest absolute Gasteiger partial charge is 0.111 e. The van der Waals surface area contributed by atoms with Gasteiger partial charge in [0.15, 0.2) is 0 Å². The Kier molecular flexibility index (Phi) is 3.54. The first kappa shape index (κ1) is 13.3. The molecule has 1 unspecified atom stereocenters. The van der Waals surface area contributed by atoms with Crippen LogP contribution in [0, 0.1) is 0 Å². The van der Waals surface area contributed by atoms with Crippen LogP contribution < -0.4 is 0 Å². The van der Waals surface area contributed by atoms with Crippen molar-refractivity contribution < 1.29 is 5.11 Å². The Labute approximate surface area is 125 Å². The molecule has 3 aromatic rings. The number of halogens is 1. The van der Waals surface area contributed by atoms with Crippen molar-refractivity contribution in [3.63, 3.8) is 0 Å². The predicted octanol–water partition coefficient (Wildman–Crippen LogP) is 3.01. The van der Waals surface area contributed by atoms with Crippen molar-refractivity contribution in [2.75, 3.05) is 0 Å². The zero-order chi connectivity index (χ0) is 14.1. The number of rotatable bonds is 3. The number of aromatic nitrogens is 3. The van der Waals surface area contributed by atoms with Crippen LogP contribution in [-0.2, 0) is 13.5 Å². The number of aliphatic hydroxyl groups excluding tert-OH is 1. The van der Waals surface area contributed by atoms with E-state index < -0.39 is 6.10 Å². The molecule has 3 rings (SSSR count). The van der Waals surface area contributed by atoms with Crippen molar-refractivity contribution in [3.05, 3.63) is 58.7 Å². The van der Waals surface area contributed by atoms with Gasteiger partial charge in [0.05, 0.1) is 11.2 Å². The van der Waals surface area contributed by atoms with Gasteiger partial charge in [0.2, 0.25) is 0 Å². The van der Waals surface area contributed by atoms with Crippen molar-refractivity contribution in [1.29, 1.82) is 0 Å². The van der Waals surface area contributed by atoms with Crippen molar-refractivity contribution in [2.45, 2.75) is 12.5 Å². The van der Waals surface area contributed by atoms with E-state index in [0.717, 1.165) is 21.2 Å². The third-order valence-electron chi connectivity index (χ3n) is 3.32. The third-order valence-corrected chi connectivity index (χ3v) is 3.95. The summed E-state index contributed by atoms with van der Waals surface area (Å²) in [6.07, 6.45) is 3.35. The molecule has 1 atom stereocenters. The number of hydrogen-bond acceptors (Lipinski definition) is 3. The zero-order valence-corrected chi connectivity index (χ0v) is 12.6. The number of para-hydroxylation sites is 1. The molecule has 0 fully saturated rings. The minimum atomic E-state index is -0.685. The molecule has 0 aliphatic rings. The summed E-state index contributed by atoms with van der Waals surface area (Å²) in [6.45, 7) is 0. The van der Waals surface area contributed by atoms with Crippen molar-refractivity contribution in [2.24, 2.45) is 7.05 Å². The number of imidazole rings is 1. The van der Waals surface area contributed by atoms with Gasteiger partial charge >= 0.3 is 0 Å². The number of hydrogen-bond donors (Lipinski definition) is 1. The average Bonchev–Trinajstić information content (AvgIpc) is 2.83. The van der Waals surface area contributed by atoms with E-state index in [2.05, 4.69) is 25.9 Å². The van der Waals surface area contributed by atoms with E-state index in [9.17, 15) is 5.11 Å². The summed E-state index contributed by atoms with van der Waals surface area (Å²) in [5, 5.41) is 11.5. The Morgan fingerprint density at radius 2 is 2.15 bits per heavy atom. The minimum Gasteiger partial charge on any atom is -0.386 e. The molecule has 0 amide bonds. The maximum absolute atomic E-state index is 10.4. The van der Waals surface area contributed by atoms with Gasteiger partial charge < -0.3 is 9.67 Å². The summed E-state index contributed by atoms with van der Waals surface area (Å²) in [5.41, 5.74) is 1.52. The maximum Gasteiger partial charge on any atom is 0.111 e. The van der Waals surface area contributed by atoms with Crippen LogP contribution in [0.3, 0.4) is 0 Å². The van der Waals surface area contributed by atoms with Crippen LogP contribution in [0.25, 0.3) is 10.9 Å². The van der Waals surface area contributed by atoms with E-state index in [1.165, 1.54) is 0 Å². The largest absolute Gasteiger partial charge is 0.386 e. The van der Waals surface area contributed by atoms with Crippen LogP contribution in [0.5, 0.6) is 0 Å². The molecule has 1 N–H and O–H groups in total. The first-order chi connectivity index (χ1) is 9.65. The molecule has 0 spiro atoms. The summed E-state index contributed by atoms with van der Waals surface area (Å²) in [5.74, 6) is 0.833. The second-order valence-electron chi connectivity index (χ2n) is 4.72. The van der Waals surface area contributed by atoms with Gasteiger partial charge in [-0.2, -0.15) is 0 Å². The van der Waals surface area contributed by atoms with E-state index in [0.29, 0.717) is 12.1 Å². The number of pyridine rings is 1. The number of benzene rings is 1. The van der Waals surface area contributed by atoms with Gasteiger partial charge in [-0.1, -0.05) is 18.2 Å². The SMILES string of the molecule is Cn1ccnc1CC(O)c1nc2ccccc2cc1Br. The van der Waals surface area contributed by atoms with Gasteiger partial charge in [0.25, 0.3) is 0 Å². The molecule has 1 aromatic carbocycles. The highest BCUT2D eigenvalue weighted by atomic mass is 79.9. The van der Waals surface area contributed by atoms with E-state index in [-0.39, 0.29) is 0 Å². The molecule has 102 valence electrons. The lowest BCUT2D eigenvalue weighted by Gasteiger charge is -2.13. The van der Waals surface area contributed by atoms with Crippen LogP contribution in [0.15, 0.2) is 47.2 Å². The third kappa shape index (κ3) is 2.46. The Morgan fingerprint density at radius 3 is 2.90 bits per heavy atom. The lowest BCUT2D eigenvalue weighted by atomic mass is 10.1. The van der Waals surface area contributed by atoms with Crippen molar-refractivity contribution >= 4 is 26.8 Å². The van der Waals surface area contributed by atoms with Gasteiger partial charge in [-0.05, 0) is 28.1 Å². The Balaban J connectivity index is 1.96. The van der Waals surface area contributed by atoms with Crippen molar-refractivity contribution in [3.8, 4) is 0 Å². The summed E-state index contributed by atoms with van der Waals surface area (Å²) in [4.78, 5) is 8.78. The first-order valence-corrected chi connectivity index (χ1v) is 7.14. The molecule has 0 radical (unpaired) electrons. The molecule has 0 aliphatic carbocycles. The monoisotopic (exact) mass is 331 g/mol. The summed E-state index contributed by atoms with van der Waals surface area (Å²) >= 11 is 3.49. The minimum absolute atomic E-state index is 0.438. The molecule has 5 heteroatoms. The molecule has 4 nitrogen and oxygen atoms in total. The van der Waals surface area contributed by atoms with Gasteiger partial charge in [0.1, 0.15) is 11.9 Å². The highest BCUT2D eigenvalue weighted by Gasteiger charge is 2.16. The first-order valence-electron chi connectivity index (χ1n) is 6.34. The molecule has 0 saturated heterocycles. The highest BCUT2D eigenvalue weighted by Crippen LogP contribution is 2.27. The maximum atomic E-state index is 10.4. The standard InChI is InChI=1S/C15H14BrN3O/c1-19-7-6-17-14(19)9-13(20)15-11(16)8-10-4-2-3-5-12(10)18-15/h2-8,13,20H,9H2,1H3. The van der Waals surface area contributed by atoms with Crippen LogP contribution in [0.4, 0.5) is 0 Å². The van der Waals surface area contributed by atoms with Gasteiger partial charge in [-0.3, -0.25) is 0 Å². The summed E-state index contributed by atoms with van der Waals surface area (Å²) in [7, 11) is 1.91. The van der Waals surface area contributed by atoms with Crippen LogP contribution in [0.2, 0.25) is 0 Å². The normalized spacial score (nSPS) is 12.8. The summed E-state index contributed by atoms with van der Waals surface area (Å²) < 4.78 is 2.72. The van der Waals surface area contributed by atoms with Crippen molar-refractivity contribution in [1.82, 2.24) is 14.5 Å². The second kappa shape index (κ2) is 5.34. The Bertz CT molecular complexity index is 754. The highest BCUT2D eigenvalue weighted by molar-refractivity contribution is 9.10. The lowest BCUT2D eigenvalue weighted by Crippen LogP contribution is -2.09. The quantitative estimate of drug-likeness (QED) is 0.802. The van der Waals surface area contributed by atoms with E-state index >= 15 is 0 Å². The topological polar surface area (TPSA) is 50.9 Å². The van der Waals surface area contributed by atoms with Crippen LogP contribution >= 0.6 is 15.9 Å². The number of aliphatic hydroxyl groups is 1. The van der Waals surface area contributed by atoms with E-state index in [4.69, 9.17) is 0 Å². The number of nitrogens with zero attached hydrogens (tertiary/aromatic N) is 3. The fraction of sp³-hybridized carbons (Fsp3) is 0.200. The Morgan fingerprint density at radius 1 is 1.35 bits per heavy atom. The zero-order valence-electron chi connectivity index (χ0n) is 11.0. The molecule has 20 heavy (non-hydrogen) atoms. The number of aryl methyl sites for hydroxylation is 1. The fourth-order valence-electron chi connectivity index (χ4n) is 2.20. The van der Waals surface area contributed by atoms with E-state index in [1.807, 2.05) is 48.1 Å². The van der Waals surface area contributed by atoms with Crippen LogP contribution in [-0.4, -0.2) is 19.6 Å². The predicted molar refractivity (Wildman–Crippen MR) is 81.3 cm³/mol. The average molecular weight is 332 g/mol. The molecule has 2 aromatic heterocycles. The molecular formula is C15H14BrN3O. The number of fused-ring (bicyclic) bond motifs is 1. The molecule has 0 saturated carbocycles. The Hall–Kier alpha value is -1.72. The fourth-order valence-corrected chi connectivity index (χ4v) is 2.80. The van der Waals surface area contributed by atoms with Gasteiger partial charge in [-0.25, -0.2) is 9.97 Å². The van der Waals surface area contributed by atoms with E-state index in [1.54, 1.807) is 6.20 Å². The van der Waals surface area contributed by atoms with Gasteiger partial charge in [-0.15, -0.1) is 0 Å². The molecular weight excluding hydrogens is 318 g/mol. The summed E-state index contributed by atoms with van der Waals surface area (Å²) in [6, 6.07) is 9.85. The molecule has 0 bridgehead atoms. The molecule has 2 heterocycles. The molecule has 0 aliphatic heterocycles. The second-order valence-corrected chi connectivity index (χ2v) is 5.58.